The van der Waals surface area contributed by atoms with Gasteiger partial charge in [-0.05, 0) is 80.9 Å². The monoisotopic (exact) mass is 645 g/mol. The Hall–Kier alpha value is -5.40. The van der Waals surface area contributed by atoms with E-state index >= 15 is 0 Å². The van der Waals surface area contributed by atoms with Gasteiger partial charge in [-0.3, -0.25) is 0 Å². The predicted octanol–water partition coefficient (Wildman–Crippen LogP) is 13.1. The molecule has 0 spiro atoms. The molecule has 0 amide bonds. The van der Waals surface area contributed by atoms with Crippen molar-refractivity contribution in [2.24, 2.45) is 5.92 Å². The lowest BCUT2D eigenvalue weighted by Gasteiger charge is -2.42. The number of anilines is 3. The predicted molar refractivity (Wildman–Crippen MR) is 213 cm³/mol. The number of benzene rings is 6. The molecule has 6 aromatic rings. The van der Waals surface area contributed by atoms with Gasteiger partial charge >= 0.3 is 0 Å². The molecule has 0 saturated carbocycles. The van der Waals surface area contributed by atoms with Gasteiger partial charge in [0, 0.05) is 22.1 Å². The molecule has 0 N–H and O–H groups in total. The second-order valence-electron chi connectivity index (χ2n) is 15.3. The lowest BCUT2D eigenvalue weighted by atomic mass is 9.72. The molecule has 1 heterocycles. The highest BCUT2D eigenvalue weighted by Gasteiger charge is 2.40. The highest BCUT2D eigenvalue weighted by Crippen LogP contribution is 2.54. The summed E-state index contributed by atoms with van der Waals surface area (Å²) in [6, 6.07) is 51.5. The number of nitrogens with zero attached hydrogens (tertiary/aromatic N) is 1. The molecular formula is C49H43N. The molecule has 0 radical (unpaired) electrons. The van der Waals surface area contributed by atoms with Crippen molar-refractivity contribution in [3.8, 4) is 0 Å². The van der Waals surface area contributed by atoms with E-state index in [1.807, 2.05) is 0 Å². The largest absolute Gasteiger partial charge is 0.309 e. The third kappa shape index (κ3) is 4.75. The van der Waals surface area contributed by atoms with E-state index in [0.717, 1.165) is 6.42 Å². The molecule has 0 saturated heterocycles. The topological polar surface area (TPSA) is 3.24 Å². The zero-order chi connectivity index (χ0) is 34.0. The summed E-state index contributed by atoms with van der Waals surface area (Å²) in [5.41, 5.74) is 14.8. The maximum atomic E-state index is 2.48. The van der Waals surface area contributed by atoms with Crippen LogP contribution in [0.1, 0.15) is 73.4 Å². The molecule has 1 aliphatic heterocycles. The molecule has 0 bridgehead atoms. The second kappa shape index (κ2) is 11.6. The van der Waals surface area contributed by atoms with Crippen molar-refractivity contribution in [3.63, 3.8) is 0 Å². The van der Waals surface area contributed by atoms with E-state index in [0.29, 0.717) is 5.92 Å². The SMILES string of the molecule is CC1(C)C2=C(C=CC(C(/C=C/c3ccc4c(c3)C(C)(C)c3ccccc3N4c3cccc4ccccc34)c3ccccc3)C2)c2ccccc21. The van der Waals surface area contributed by atoms with Gasteiger partial charge in [0.1, 0.15) is 0 Å². The van der Waals surface area contributed by atoms with Gasteiger partial charge in [-0.1, -0.05) is 173 Å². The van der Waals surface area contributed by atoms with E-state index < -0.39 is 0 Å². The summed E-state index contributed by atoms with van der Waals surface area (Å²) in [5, 5.41) is 2.52. The standard InChI is InChI=1S/C49H43N/c1-48(2)41-21-11-10-20-39(41)40-29-27-36(32-43(40)48)37(34-15-6-5-7-16-34)28-25-33-26-30-47-44(31-33)49(3,4)42-22-12-13-23-46(42)50(47)45-24-14-18-35-17-8-9-19-38(35)45/h5-31,36-37H,32H2,1-4H3/b28-25+. The summed E-state index contributed by atoms with van der Waals surface area (Å²) in [6.45, 7) is 9.58. The number of para-hydroxylation sites is 1. The van der Waals surface area contributed by atoms with Crippen molar-refractivity contribution < 1.29 is 0 Å². The molecule has 1 nitrogen and oxygen atoms in total. The normalized spacial score (nSPS) is 18.9. The summed E-state index contributed by atoms with van der Waals surface area (Å²) < 4.78 is 0. The third-order valence-electron chi connectivity index (χ3n) is 11.8. The Kier molecular flexibility index (Phi) is 7.11. The first-order chi connectivity index (χ1) is 24.3. The van der Waals surface area contributed by atoms with Gasteiger partial charge in [0.05, 0.1) is 17.1 Å². The van der Waals surface area contributed by atoms with Crippen LogP contribution in [0.15, 0.2) is 163 Å². The average Bonchev–Trinajstić information content (AvgIpc) is 3.38. The van der Waals surface area contributed by atoms with Crippen LogP contribution in [0.4, 0.5) is 17.1 Å². The highest BCUT2D eigenvalue weighted by atomic mass is 15.2. The lowest BCUT2D eigenvalue weighted by Crippen LogP contribution is -2.30. The zero-order valence-electron chi connectivity index (χ0n) is 29.4. The molecule has 9 rings (SSSR count). The Labute approximate surface area is 296 Å². The molecule has 3 aliphatic rings. The van der Waals surface area contributed by atoms with E-state index in [-0.39, 0.29) is 16.7 Å². The Balaban J connectivity index is 1.11. The molecule has 2 atom stereocenters. The van der Waals surface area contributed by atoms with Crippen LogP contribution in [0.5, 0.6) is 0 Å². The van der Waals surface area contributed by atoms with Gasteiger partial charge in [0.15, 0.2) is 0 Å². The Bertz CT molecular complexity index is 2360. The summed E-state index contributed by atoms with van der Waals surface area (Å²) in [4.78, 5) is 2.48. The van der Waals surface area contributed by atoms with Crippen LogP contribution in [0, 0.1) is 5.92 Å². The van der Waals surface area contributed by atoms with Crippen molar-refractivity contribution in [3.05, 3.63) is 197 Å². The quantitative estimate of drug-likeness (QED) is 0.180. The highest BCUT2D eigenvalue weighted by molar-refractivity contribution is 6.01. The molecule has 1 heteroatoms. The van der Waals surface area contributed by atoms with E-state index in [1.165, 1.54) is 66.8 Å². The molecule has 0 aromatic heterocycles. The second-order valence-corrected chi connectivity index (χ2v) is 15.3. The number of hydrogen-bond donors (Lipinski definition) is 0. The van der Waals surface area contributed by atoms with Crippen molar-refractivity contribution >= 4 is 39.5 Å². The fourth-order valence-electron chi connectivity index (χ4n) is 9.13. The molecule has 244 valence electrons. The van der Waals surface area contributed by atoms with Crippen LogP contribution in [-0.2, 0) is 10.8 Å². The van der Waals surface area contributed by atoms with Crippen LogP contribution in [0.2, 0.25) is 0 Å². The minimum absolute atomic E-state index is 0.0379. The van der Waals surface area contributed by atoms with E-state index in [1.54, 1.807) is 5.57 Å². The van der Waals surface area contributed by atoms with Gasteiger partial charge in [0.2, 0.25) is 0 Å². The number of rotatable bonds is 5. The van der Waals surface area contributed by atoms with Crippen molar-refractivity contribution in [1.29, 1.82) is 0 Å². The third-order valence-corrected chi connectivity index (χ3v) is 11.8. The van der Waals surface area contributed by atoms with Crippen LogP contribution in [-0.4, -0.2) is 0 Å². The van der Waals surface area contributed by atoms with Crippen molar-refractivity contribution in [2.45, 2.75) is 50.9 Å². The number of allylic oxidation sites excluding steroid dienone is 5. The molecule has 2 unspecified atom stereocenters. The first-order valence-corrected chi connectivity index (χ1v) is 18.1. The van der Waals surface area contributed by atoms with E-state index in [9.17, 15) is 0 Å². The van der Waals surface area contributed by atoms with Gasteiger partial charge in [0.25, 0.3) is 0 Å². The van der Waals surface area contributed by atoms with E-state index in [4.69, 9.17) is 0 Å². The number of hydrogen-bond acceptors (Lipinski definition) is 1. The minimum Gasteiger partial charge on any atom is -0.309 e. The molecule has 50 heavy (non-hydrogen) atoms. The Morgan fingerprint density at radius 1 is 0.620 bits per heavy atom. The van der Waals surface area contributed by atoms with E-state index in [2.05, 4.69) is 196 Å². The van der Waals surface area contributed by atoms with Gasteiger partial charge in [-0.25, -0.2) is 0 Å². The Morgan fingerprint density at radius 3 is 2.16 bits per heavy atom. The van der Waals surface area contributed by atoms with Crippen LogP contribution in [0.3, 0.4) is 0 Å². The maximum Gasteiger partial charge on any atom is 0.0540 e. The number of fused-ring (bicyclic) bond motifs is 5. The molecule has 6 aromatic carbocycles. The Morgan fingerprint density at radius 2 is 1.30 bits per heavy atom. The van der Waals surface area contributed by atoms with Crippen LogP contribution < -0.4 is 4.90 Å². The lowest BCUT2D eigenvalue weighted by molar-refractivity contribution is 0.514. The summed E-state index contributed by atoms with van der Waals surface area (Å²) in [7, 11) is 0. The van der Waals surface area contributed by atoms with Gasteiger partial charge in [-0.2, -0.15) is 0 Å². The summed E-state index contributed by atoms with van der Waals surface area (Å²) >= 11 is 0. The van der Waals surface area contributed by atoms with Crippen molar-refractivity contribution in [2.75, 3.05) is 4.90 Å². The fourth-order valence-corrected chi connectivity index (χ4v) is 9.13. The molecular weight excluding hydrogens is 603 g/mol. The van der Waals surface area contributed by atoms with Crippen molar-refractivity contribution in [1.82, 2.24) is 0 Å². The maximum absolute atomic E-state index is 2.48. The first-order valence-electron chi connectivity index (χ1n) is 18.1. The van der Waals surface area contributed by atoms with Gasteiger partial charge < -0.3 is 4.90 Å². The molecule has 2 aliphatic carbocycles. The van der Waals surface area contributed by atoms with Gasteiger partial charge in [-0.15, -0.1) is 0 Å². The fraction of sp³-hybridized carbons (Fsp3) is 0.184. The summed E-state index contributed by atoms with van der Waals surface area (Å²) in [5.74, 6) is 0.641. The average molecular weight is 646 g/mol. The first kappa shape index (κ1) is 30.6. The zero-order valence-corrected chi connectivity index (χ0v) is 29.4. The van der Waals surface area contributed by atoms with Crippen LogP contribution >= 0.6 is 0 Å². The minimum atomic E-state index is -0.159. The smallest absolute Gasteiger partial charge is 0.0540 e. The summed E-state index contributed by atoms with van der Waals surface area (Å²) in [6.07, 6.45) is 10.8. The molecule has 0 fully saturated rings. The van der Waals surface area contributed by atoms with Crippen LogP contribution in [0.25, 0.3) is 22.4 Å².